The Labute approximate surface area is 176 Å². The van der Waals surface area contributed by atoms with Crippen molar-refractivity contribution >= 4 is 29.9 Å². The number of ether oxygens (including phenoxy) is 1. The van der Waals surface area contributed by atoms with E-state index in [0.717, 1.165) is 11.3 Å². The van der Waals surface area contributed by atoms with E-state index in [0.29, 0.717) is 38.6 Å². The first-order valence-electron chi connectivity index (χ1n) is 8.75. The van der Waals surface area contributed by atoms with Crippen LogP contribution in [0.4, 0.5) is 13.2 Å². The Kier molecular flexibility index (Phi) is 9.65. The van der Waals surface area contributed by atoms with Crippen molar-refractivity contribution in [2.45, 2.75) is 32.1 Å². The number of benzene rings is 1. The van der Waals surface area contributed by atoms with Crippen molar-refractivity contribution in [1.29, 1.82) is 0 Å². The highest BCUT2D eigenvalue weighted by Crippen LogP contribution is 2.20. The highest BCUT2D eigenvalue weighted by molar-refractivity contribution is 14.0. The number of rotatable bonds is 6. The smallest absolute Gasteiger partial charge is 0.401 e. The van der Waals surface area contributed by atoms with Gasteiger partial charge in [-0.25, -0.2) is 0 Å². The highest BCUT2D eigenvalue weighted by atomic mass is 127. The SMILES string of the molecule is CCN=C(NC1CCN(CC(F)(F)F)C1)N(C)Cc1ccc(OC)cc1.I. The number of nitrogens with zero attached hydrogens (tertiary/aromatic N) is 3. The first-order valence-corrected chi connectivity index (χ1v) is 8.75. The van der Waals surface area contributed by atoms with Crippen LogP contribution in [0.1, 0.15) is 18.9 Å². The fourth-order valence-electron chi connectivity index (χ4n) is 3.04. The molecule has 0 spiro atoms. The van der Waals surface area contributed by atoms with Gasteiger partial charge in [0.25, 0.3) is 0 Å². The van der Waals surface area contributed by atoms with Crippen molar-refractivity contribution in [3.63, 3.8) is 0 Å². The zero-order valence-corrected chi connectivity index (χ0v) is 18.3. The minimum atomic E-state index is -4.15. The third-order valence-corrected chi connectivity index (χ3v) is 4.26. The normalized spacial score (nSPS) is 18.1. The summed E-state index contributed by atoms with van der Waals surface area (Å²) < 4.78 is 42.8. The van der Waals surface area contributed by atoms with Gasteiger partial charge in [0, 0.05) is 39.3 Å². The molecular formula is C18H28F3IN4O. The molecule has 154 valence electrons. The molecule has 1 aromatic rings. The standard InChI is InChI=1S/C18H27F3N4O.HI/c1-4-22-17(23-15-9-10-25(12-15)13-18(19,20)21)24(2)11-14-5-7-16(26-3)8-6-14;/h5-8,15H,4,9-13H2,1-3H3,(H,22,23);1H. The number of hydrogen-bond donors (Lipinski definition) is 1. The van der Waals surface area contributed by atoms with Gasteiger partial charge in [0.2, 0.25) is 0 Å². The van der Waals surface area contributed by atoms with Gasteiger partial charge in [-0.15, -0.1) is 24.0 Å². The number of alkyl halides is 3. The maximum atomic E-state index is 12.5. The molecule has 2 rings (SSSR count). The number of halogens is 4. The Morgan fingerprint density at radius 1 is 1.33 bits per heavy atom. The third-order valence-electron chi connectivity index (χ3n) is 4.26. The lowest BCUT2D eigenvalue weighted by molar-refractivity contribution is -0.143. The average molecular weight is 500 g/mol. The molecule has 9 heteroatoms. The van der Waals surface area contributed by atoms with E-state index in [-0.39, 0.29) is 30.0 Å². The predicted octanol–water partition coefficient (Wildman–Crippen LogP) is 3.35. The van der Waals surface area contributed by atoms with Crippen LogP contribution in [-0.2, 0) is 6.54 Å². The quantitative estimate of drug-likeness (QED) is 0.370. The summed E-state index contributed by atoms with van der Waals surface area (Å²) in [6, 6.07) is 7.75. The molecule has 1 N–H and O–H groups in total. The molecule has 1 saturated heterocycles. The van der Waals surface area contributed by atoms with E-state index in [1.807, 2.05) is 43.1 Å². The van der Waals surface area contributed by atoms with Crippen LogP contribution in [0.3, 0.4) is 0 Å². The van der Waals surface area contributed by atoms with E-state index in [2.05, 4.69) is 10.3 Å². The fraction of sp³-hybridized carbons (Fsp3) is 0.611. The molecule has 1 aliphatic rings. The molecule has 1 fully saturated rings. The van der Waals surface area contributed by atoms with Gasteiger partial charge in [0.05, 0.1) is 13.7 Å². The van der Waals surface area contributed by atoms with Crippen molar-refractivity contribution in [2.75, 3.05) is 40.3 Å². The van der Waals surface area contributed by atoms with Crippen LogP contribution in [-0.4, -0.2) is 68.3 Å². The summed E-state index contributed by atoms with van der Waals surface area (Å²) in [6.45, 7) is 3.15. The minimum absolute atomic E-state index is 0. The maximum Gasteiger partial charge on any atom is 0.401 e. The van der Waals surface area contributed by atoms with Gasteiger partial charge in [-0.05, 0) is 31.0 Å². The average Bonchev–Trinajstić information content (AvgIpc) is 3.00. The molecule has 0 aromatic heterocycles. The lowest BCUT2D eigenvalue weighted by Gasteiger charge is -2.26. The zero-order chi connectivity index (χ0) is 19.2. The summed E-state index contributed by atoms with van der Waals surface area (Å²) >= 11 is 0. The van der Waals surface area contributed by atoms with Crippen molar-refractivity contribution in [3.8, 4) is 5.75 Å². The Bertz CT molecular complexity index is 595. The van der Waals surface area contributed by atoms with E-state index in [1.165, 1.54) is 4.90 Å². The molecule has 0 aliphatic carbocycles. The molecule has 1 aromatic carbocycles. The summed E-state index contributed by atoms with van der Waals surface area (Å²) in [5.74, 6) is 1.51. The van der Waals surface area contributed by atoms with Gasteiger partial charge in [-0.2, -0.15) is 13.2 Å². The van der Waals surface area contributed by atoms with E-state index in [9.17, 15) is 13.2 Å². The molecule has 5 nitrogen and oxygen atoms in total. The van der Waals surface area contributed by atoms with Crippen molar-refractivity contribution in [3.05, 3.63) is 29.8 Å². The molecule has 0 bridgehead atoms. The van der Waals surface area contributed by atoms with Gasteiger partial charge in [-0.1, -0.05) is 12.1 Å². The van der Waals surface area contributed by atoms with Crippen molar-refractivity contribution < 1.29 is 17.9 Å². The second kappa shape index (κ2) is 10.9. The van der Waals surface area contributed by atoms with Gasteiger partial charge < -0.3 is 15.0 Å². The molecule has 0 saturated carbocycles. The number of guanidine groups is 1. The number of likely N-dealkylation sites (tertiary alicyclic amines) is 1. The lowest BCUT2D eigenvalue weighted by Crippen LogP contribution is -2.45. The van der Waals surface area contributed by atoms with Gasteiger partial charge in [0.15, 0.2) is 5.96 Å². The second-order valence-electron chi connectivity index (χ2n) is 6.48. The monoisotopic (exact) mass is 500 g/mol. The predicted molar refractivity (Wildman–Crippen MR) is 112 cm³/mol. The van der Waals surface area contributed by atoms with Gasteiger partial charge >= 0.3 is 6.18 Å². The fourth-order valence-corrected chi connectivity index (χ4v) is 3.04. The van der Waals surface area contributed by atoms with E-state index in [4.69, 9.17) is 4.74 Å². The van der Waals surface area contributed by atoms with Crippen LogP contribution in [0.2, 0.25) is 0 Å². The maximum absolute atomic E-state index is 12.5. The number of methoxy groups -OCH3 is 1. The molecule has 0 amide bonds. The summed E-state index contributed by atoms with van der Waals surface area (Å²) in [5.41, 5.74) is 1.10. The minimum Gasteiger partial charge on any atom is -0.497 e. The molecular weight excluding hydrogens is 472 g/mol. The Hall–Kier alpha value is -1.23. The van der Waals surface area contributed by atoms with Gasteiger partial charge in [0.1, 0.15) is 5.75 Å². The van der Waals surface area contributed by atoms with Crippen LogP contribution >= 0.6 is 24.0 Å². The Morgan fingerprint density at radius 3 is 2.56 bits per heavy atom. The lowest BCUT2D eigenvalue weighted by atomic mass is 10.2. The first-order chi connectivity index (χ1) is 12.3. The largest absolute Gasteiger partial charge is 0.497 e. The Balaban J connectivity index is 0.00000364. The zero-order valence-electron chi connectivity index (χ0n) is 15.9. The second-order valence-corrected chi connectivity index (χ2v) is 6.48. The van der Waals surface area contributed by atoms with Crippen LogP contribution in [0.15, 0.2) is 29.3 Å². The van der Waals surface area contributed by atoms with Crippen LogP contribution in [0.25, 0.3) is 0 Å². The topological polar surface area (TPSA) is 40.1 Å². The molecule has 1 unspecified atom stereocenters. The van der Waals surface area contributed by atoms with Crippen LogP contribution in [0, 0.1) is 0 Å². The number of hydrogen-bond acceptors (Lipinski definition) is 3. The van der Waals surface area contributed by atoms with Crippen LogP contribution < -0.4 is 10.1 Å². The Morgan fingerprint density at radius 2 is 2.00 bits per heavy atom. The summed E-state index contributed by atoms with van der Waals surface area (Å²) in [5, 5.41) is 3.32. The van der Waals surface area contributed by atoms with Gasteiger partial charge in [-0.3, -0.25) is 9.89 Å². The highest BCUT2D eigenvalue weighted by Gasteiger charge is 2.34. The van der Waals surface area contributed by atoms with E-state index in [1.54, 1.807) is 7.11 Å². The van der Waals surface area contributed by atoms with Crippen molar-refractivity contribution in [2.24, 2.45) is 4.99 Å². The molecule has 1 aliphatic heterocycles. The van der Waals surface area contributed by atoms with E-state index < -0.39 is 12.7 Å². The molecule has 27 heavy (non-hydrogen) atoms. The summed E-state index contributed by atoms with van der Waals surface area (Å²) in [4.78, 5) is 7.90. The third kappa shape index (κ3) is 8.12. The number of aliphatic imine (C=N–C) groups is 1. The molecule has 0 radical (unpaired) electrons. The summed E-state index contributed by atoms with van der Waals surface area (Å²) in [6.07, 6.45) is -3.48. The van der Waals surface area contributed by atoms with Crippen LogP contribution in [0.5, 0.6) is 5.75 Å². The molecule has 1 heterocycles. The summed E-state index contributed by atoms with van der Waals surface area (Å²) in [7, 11) is 3.55. The number of nitrogens with one attached hydrogen (secondary N) is 1. The van der Waals surface area contributed by atoms with Crippen molar-refractivity contribution in [1.82, 2.24) is 15.1 Å². The van der Waals surface area contributed by atoms with E-state index >= 15 is 0 Å². The first kappa shape index (κ1) is 23.8. The molecule has 1 atom stereocenters.